The molecule has 166 valence electrons. The highest BCUT2D eigenvalue weighted by Crippen LogP contribution is 2.18. The van der Waals surface area contributed by atoms with Gasteiger partial charge < -0.3 is 14.8 Å². The molecule has 0 aliphatic carbocycles. The van der Waals surface area contributed by atoms with E-state index in [2.05, 4.69) is 16.2 Å². The minimum Gasteiger partial charge on any atom is -0.494 e. The van der Waals surface area contributed by atoms with Crippen molar-refractivity contribution in [3.63, 3.8) is 0 Å². The molecule has 0 bridgehead atoms. The summed E-state index contributed by atoms with van der Waals surface area (Å²) in [6.07, 6.45) is -0.847. The minimum absolute atomic E-state index is 0.292. The number of amides is 3. The summed E-state index contributed by atoms with van der Waals surface area (Å²) in [6, 6.07) is 19.8. The molecule has 3 N–H and O–H groups in total. The van der Waals surface area contributed by atoms with Crippen molar-refractivity contribution in [3.05, 3.63) is 72.3 Å². The zero-order valence-electron chi connectivity index (χ0n) is 17.9. The highest BCUT2D eigenvalue weighted by molar-refractivity contribution is 6.00. The number of hydrazine groups is 1. The number of carbonyl (C=O) groups is 3. The molecule has 0 aliphatic rings. The van der Waals surface area contributed by atoms with Gasteiger partial charge in [-0.15, -0.1) is 0 Å². The summed E-state index contributed by atoms with van der Waals surface area (Å²) in [4.78, 5) is 36.4. The van der Waals surface area contributed by atoms with Crippen LogP contribution in [-0.4, -0.2) is 37.0 Å². The van der Waals surface area contributed by atoms with E-state index in [9.17, 15) is 14.4 Å². The van der Waals surface area contributed by atoms with Gasteiger partial charge in [0.05, 0.1) is 13.2 Å². The molecule has 8 nitrogen and oxygen atoms in total. The molecule has 0 heterocycles. The Kier molecular flexibility index (Phi) is 7.64. The molecule has 3 amide bonds. The highest BCUT2D eigenvalue weighted by Gasteiger charge is 2.16. The van der Waals surface area contributed by atoms with Crippen LogP contribution < -0.4 is 25.6 Å². The van der Waals surface area contributed by atoms with Gasteiger partial charge in [0.2, 0.25) is 0 Å². The van der Waals surface area contributed by atoms with Gasteiger partial charge in [0, 0.05) is 5.56 Å². The Morgan fingerprint density at radius 1 is 0.875 bits per heavy atom. The fourth-order valence-electron chi connectivity index (χ4n) is 2.91. The van der Waals surface area contributed by atoms with Crippen LogP contribution in [0.2, 0.25) is 0 Å². The number of hydrogen-bond acceptors (Lipinski definition) is 5. The lowest BCUT2D eigenvalue weighted by Crippen LogP contribution is -2.50. The monoisotopic (exact) mass is 435 g/mol. The Balaban J connectivity index is 1.42. The van der Waals surface area contributed by atoms with E-state index in [1.165, 1.54) is 0 Å². The fourth-order valence-corrected chi connectivity index (χ4v) is 2.91. The first-order valence-corrected chi connectivity index (χ1v) is 10.2. The maximum absolute atomic E-state index is 12.3. The van der Waals surface area contributed by atoms with Crippen molar-refractivity contribution in [1.82, 2.24) is 16.2 Å². The summed E-state index contributed by atoms with van der Waals surface area (Å²) in [5.74, 6) is -0.293. The van der Waals surface area contributed by atoms with E-state index in [0.717, 1.165) is 10.8 Å². The molecule has 3 rings (SSSR count). The Labute approximate surface area is 185 Å². The number of benzene rings is 3. The standard InChI is InChI=1S/C24H25N3O5/c1-3-31-20-10-12-21(13-11-20)32-16(2)23(29)27-26-22(28)15-25-24(30)19-9-8-17-6-4-5-7-18(17)14-19/h4-14,16H,3,15H2,1-2H3,(H,25,30)(H,26,28)(H,27,29). The molecule has 0 radical (unpaired) electrons. The van der Waals surface area contributed by atoms with Crippen molar-refractivity contribution < 1.29 is 23.9 Å². The van der Waals surface area contributed by atoms with Gasteiger partial charge in [0.25, 0.3) is 17.7 Å². The molecule has 0 saturated heterocycles. The Bertz CT molecular complexity index is 1100. The SMILES string of the molecule is CCOc1ccc(OC(C)C(=O)NNC(=O)CNC(=O)c2ccc3ccccc3c2)cc1. The van der Waals surface area contributed by atoms with Crippen molar-refractivity contribution in [2.24, 2.45) is 0 Å². The molecule has 0 saturated carbocycles. The number of rotatable bonds is 8. The predicted octanol–water partition coefficient (Wildman–Crippen LogP) is 2.58. The largest absolute Gasteiger partial charge is 0.494 e. The van der Waals surface area contributed by atoms with E-state index in [1.807, 2.05) is 37.3 Å². The Morgan fingerprint density at radius 3 is 2.28 bits per heavy atom. The van der Waals surface area contributed by atoms with Crippen LogP contribution in [0.1, 0.15) is 24.2 Å². The average molecular weight is 435 g/mol. The van der Waals surface area contributed by atoms with Crippen molar-refractivity contribution in [2.75, 3.05) is 13.2 Å². The van der Waals surface area contributed by atoms with Gasteiger partial charge in [-0.25, -0.2) is 0 Å². The molecular formula is C24H25N3O5. The highest BCUT2D eigenvalue weighted by atomic mass is 16.5. The van der Waals surface area contributed by atoms with Crippen molar-refractivity contribution in [3.8, 4) is 11.5 Å². The van der Waals surface area contributed by atoms with Crippen LogP contribution in [0.5, 0.6) is 11.5 Å². The van der Waals surface area contributed by atoms with Crippen LogP contribution in [-0.2, 0) is 9.59 Å². The summed E-state index contributed by atoms with van der Waals surface area (Å²) < 4.78 is 10.9. The van der Waals surface area contributed by atoms with Crippen molar-refractivity contribution >= 4 is 28.5 Å². The Morgan fingerprint density at radius 2 is 1.56 bits per heavy atom. The lowest BCUT2D eigenvalue weighted by Gasteiger charge is -2.15. The lowest BCUT2D eigenvalue weighted by molar-refractivity contribution is -0.132. The number of nitrogens with one attached hydrogen (secondary N) is 3. The van der Waals surface area contributed by atoms with Gasteiger partial charge in [-0.2, -0.15) is 0 Å². The van der Waals surface area contributed by atoms with Crippen LogP contribution in [0, 0.1) is 0 Å². The molecule has 0 spiro atoms. The molecule has 8 heteroatoms. The van der Waals surface area contributed by atoms with Crippen LogP contribution in [0.15, 0.2) is 66.7 Å². The number of hydrogen-bond donors (Lipinski definition) is 3. The maximum Gasteiger partial charge on any atom is 0.279 e. The molecular weight excluding hydrogens is 410 g/mol. The second-order valence-electron chi connectivity index (χ2n) is 6.95. The molecule has 1 unspecified atom stereocenters. The third-order valence-electron chi connectivity index (χ3n) is 4.56. The molecule has 0 aromatic heterocycles. The van der Waals surface area contributed by atoms with E-state index in [4.69, 9.17) is 9.47 Å². The lowest BCUT2D eigenvalue weighted by atomic mass is 10.1. The summed E-state index contributed by atoms with van der Waals surface area (Å²) >= 11 is 0. The van der Waals surface area contributed by atoms with Crippen LogP contribution in [0.4, 0.5) is 0 Å². The topological polar surface area (TPSA) is 106 Å². The van der Waals surface area contributed by atoms with E-state index in [0.29, 0.717) is 23.7 Å². The predicted molar refractivity (Wildman–Crippen MR) is 120 cm³/mol. The zero-order valence-corrected chi connectivity index (χ0v) is 17.9. The number of fused-ring (bicyclic) bond motifs is 1. The van der Waals surface area contributed by atoms with Crippen LogP contribution >= 0.6 is 0 Å². The molecule has 32 heavy (non-hydrogen) atoms. The molecule has 3 aromatic carbocycles. The summed E-state index contributed by atoms with van der Waals surface area (Å²) in [5, 5.41) is 4.47. The number of ether oxygens (including phenoxy) is 2. The molecule has 0 aliphatic heterocycles. The quantitative estimate of drug-likeness (QED) is 0.472. The summed E-state index contributed by atoms with van der Waals surface area (Å²) in [5.41, 5.74) is 4.98. The van der Waals surface area contributed by atoms with Gasteiger partial charge in [-0.3, -0.25) is 25.2 Å². The zero-order chi connectivity index (χ0) is 22.9. The second kappa shape index (κ2) is 10.8. The van der Waals surface area contributed by atoms with Gasteiger partial charge in [0.1, 0.15) is 11.5 Å². The molecule has 0 fully saturated rings. The first-order valence-electron chi connectivity index (χ1n) is 10.2. The smallest absolute Gasteiger partial charge is 0.279 e. The molecule has 1 atom stereocenters. The second-order valence-corrected chi connectivity index (χ2v) is 6.95. The molecule has 3 aromatic rings. The van der Waals surface area contributed by atoms with Gasteiger partial charge in [0.15, 0.2) is 6.10 Å². The third kappa shape index (κ3) is 6.21. The van der Waals surface area contributed by atoms with Gasteiger partial charge >= 0.3 is 0 Å². The van der Waals surface area contributed by atoms with E-state index < -0.39 is 17.9 Å². The normalized spacial score (nSPS) is 11.3. The van der Waals surface area contributed by atoms with Crippen LogP contribution in [0.3, 0.4) is 0 Å². The summed E-state index contributed by atoms with van der Waals surface area (Å²) in [6.45, 7) is 3.71. The third-order valence-corrected chi connectivity index (χ3v) is 4.56. The van der Waals surface area contributed by atoms with E-state index in [-0.39, 0.29) is 12.5 Å². The first-order chi connectivity index (χ1) is 15.5. The average Bonchev–Trinajstić information content (AvgIpc) is 2.82. The van der Waals surface area contributed by atoms with Crippen molar-refractivity contribution in [1.29, 1.82) is 0 Å². The van der Waals surface area contributed by atoms with E-state index >= 15 is 0 Å². The Hall–Kier alpha value is -4.07. The minimum atomic E-state index is -0.847. The maximum atomic E-state index is 12.3. The summed E-state index contributed by atoms with van der Waals surface area (Å²) in [7, 11) is 0. The van der Waals surface area contributed by atoms with Gasteiger partial charge in [-0.1, -0.05) is 30.3 Å². The van der Waals surface area contributed by atoms with Crippen molar-refractivity contribution in [2.45, 2.75) is 20.0 Å². The fraction of sp³-hybridized carbons (Fsp3) is 0.208. The van der Waals surface area contributed by atoms with E-state index in [1.54, 1.807) is 43.3 Å². The van der Waals surface area contributed by atoms with Crippen LogP contribution in [0.25, 0.3) is 10.8 Å². The first kappa shape index (κ1) is 22.6. The van der Waals surface area contributed by atoms with Gasteiger partial charge in [-0.05, 0) is 61.0 Å². The number of carbonyl (C=O) groups excluding carboxylic acids is 3.